The Bertz CT molecular complexity index is 852. The molecule has 0 bridgehead atoms. The lowest BCUT2D eigenvalue weighted by Gasteiger charge is -2.17. The fourth-order valence-electron chi connectivity index (χ4n) is 2.12. The maximum Gasteiger partial charge on any atom is 0.243 e. The molecule has 0 unspecified atom stereocenters. The Morgan fingerprint density at radius 1 is 1.33 bits per heavy atom. The number of thioether (sulfide) groups is 1. The summed E-state index contributed by atoms with van der Waals surface area (Å²) in [5, 5.41) is 10.0. The summed E-state index contributed by atoms with van der Waals surface area (Å²) in [6.45, 7) is 4.27. The number of aromatic nitrogens is 3. The van der Waals surface area contributed by atoms with Crippen LogP contribution in [0.4, 0.5) is 0 Å². The number of aromatic amines is 1. The van der Waals surface area contributed by atoms with Crippen molar-refractivity contribution < 1.29 is 17.9 Å². The highest BCUT2D eigenvalue weighted by Gasteiger charge is 2.22. The van der Waals surface area contributed by atoms with Gasteiger partial charge in [-0.3, -0.25) is 9.89 Å². The number of aryl methyl sites for hydroxylation is 1. The summed E-state index contributed by atoms with van der Waals surface area (Å²) in [5.74, 6) is 1.52. The average molecular weight is 414 g/mol. The van der Waals surface area contributed by atoms with E-state index in [9.17, 15) is 13.2 Å². The molecule has 1 aromatic heterocycles. The van der Waals surface area contributed by atoms with Crippen LogP contribution >= 0.6 is 11.8 Å². The number of likely N-dealkylation sites (N-methyl/N-ethyl adjacent to an activating group) is 1. The molecule has 0 saturated heterocycles. The van der Waals surface area contributed by atoms with Crippen molar-refractivity contribution in [2.45, 2.75) is 23.9 Å². The highest BCUT2D eigenvalue weighted by molar-refractivity contribution is 7.99. The number of hydrogen-bond acceptors (Lipinski definition) is 7. The first-order valence-electron chi connectivity index (χ1n) is 8.30. The lowest BCUT2D eigenvalue weighted by atomic mass is 10.3. The van der Waals surface area contributed by atoms with Gasteiger partial charge in [0, 0.05) is 19.3 Å². The number of H-pyrrole nitrogens is 1. The van der Waals surface area contributed by atoms with Crippen LogP contribution in [0.3, 0.4) is 0 Å². The number of ether oxygens (including phenoxy) is 1. The second-order valence-corrected chi connectivity index (χ2v) is 8.67. The van der Waals surface area contributed by atoms with Gasteiger partial charge in [0.05, 0.1) is 18.0 Å². The van der Waals surface area contributed by atoms with Crippen LogP contribution < -0.4 is 10.1 Å². The zero-order chi connectivity index (χ0) is 19.9. The van der Waals surface area contributed by atoms with E-state index < -0.39 is 10.0 Å². The van der Waals surface area contributed by atoms with Crippen molar-refractivity contribution >= 4 is 27.7 Å². The van der Waals surface area contributed by atoms with Crippen molar-refractivity contribution in [3.05, 3.63) is 30.1 Å². The van der Waals surface area contributed by atoms with Crippen LogP contribution in [0.5, 0.6) is 5.75 Å². The monoisotopic (exact) mass is 413 g/mol. The van der Waals surface area contributed by atoms with Crippen LogP contribution in [0.2, 0.25) is 0 Å². The van der Waals surface area contributed by atoms with Crippen molar-refractivity contribution in [2.24, 2.45) is 0 Å². The summed E-state index contributed by atoms with van der Waals surface area (Å²) in [6.07, 6.45) is 0. The van der Waals surface area contributed by atoms with E-state index in [-0.39, 0.29) is 17.3 Å². The average Bonchev–Trinajstić information content (AvgIpc) is 3.04. The smallest absolute Gasteiger partial charge is 0.243 e. The second-order valence-electron chi connectivity index (χ2n) is 5.57. The number of hydrogen-bond donors (Lipinski definition) is 2. The third kappa shape index (κ3) is 6.22. The van der Waals surface area contributed by atoms with Crippen LogP contribution in [0.1, 0.15) is 12.7 Å². The lowest BCUT2D eigenvalue weighted by molar-refractivity contribution is -0.121. The number of rotatable bonds is 10. The molecule has 0 aliphatic heterocycles. The van der Waals surface area contributed by atoms with Gasteiger partial charge in [0.15, 0.2) is 0 Å². The summed E-state index contributed by atoms with van der Waals surface area (Å²) >= 11 is 1.40. The van der Waals surface area contributed by atoms with E-state index in [1.54, 1.807) is 19.1 Å². The molecule has 9 nitrogen and oxygen atoms in total. The van der Waals surface area contributed by atoms with E-state index in [1.807, 2.05) is 6.92 Å². The number of carbonyl (C=O) groups excluding carboxylic acids is 1. The standard InChI is InChI=1S/C16H23N5O4S2/c1-4-25-13-5-7-14(8-6-13)27(23,24)21(3)11-15(22)17-9-10-26-16-18-12(2)19-20-16/h5-8H,4,9-11H2,1-3H3,(H,17,22)(H,18,19,20). The predicted octanol–water partition coefficient (Wildman–Crippen LogP) is 1.04. The van der Waals surface area contributed by atoms with Crippen LogP contribution in [0.15, 0.2) is 34.3 Å². The minimum absolute atomic E-state index is 0.108. The highest BCUT2D eigenvalue weighted by Crippen LogP contribution is 2.18. The Morgan fingerprint density at radius 2 is 2.04 bits per heavy atom. The van der Waals surface area contributed by atoms with Crippen molar-refractivity contribution in [1.82, 2.24) is 24.8 Å². The normalized spacial score (nSPS) is 11.6. The van der Waals surface area contributed by atoms with Crippen molar-refractivity contribution in [3.8, 4) is 5.75 Å². The van der Waals surface area contributed by atoms with Gasteiger partial charge in [-0.2, -0.15) is 4.31 Å². The van der Waals surface area contributed by atoms with Crippen LogP contribution in [-0.4, -0.2) is 66.3 Å². The van der Waals surface area contributed by atoms with Gasteiger partial charge in [0.1, 0.15) is 11.6 Å². The van der Waals surface area contributed by atoms with Gasteiger partial charge in [-0.15, -0.1) is 5.10 Å². The summed E-state index contributed by atoms with van der Waals surface area (Å²) < 4.78 is 31.4. The molecule has 2 N–H and O–H groups in total. The molecule has 1 heterocycles. The third-order valence-electron chi connectivity index (χ3n) is 3.44. The number of amides is 1. The molecule has 1 amide bonds. The first-order valence-corrected chi connectivity index (χ1v) is 10.7. The molecule has 2 rings (SSSR count). The van der Waals surface area contributed by atoms with Crippen molar-refractivity contribution in [1.29, 1.82) is 0 Å². The predicted molar refractivity (Wildman–Crippen MR) is 102 cm³/mol. The fraction of sp³-hybridized carbons (Fsp3) is 0.438. The topological polar surface area (TPSA) is 117 Å². The molecule has 2 aromatic rings. The molecule has 0 atom stereocenters. The quantitative estimate of drug-likeness (QED) is 0.441. The van der Waals surface area contributed by atoms with Gasteiger partial charge < -0.3 is 10.1 Å². The van der Waals surface area contributed by atoms with Gasteiger partial charge >= 0.3 is 0 Å². The zero-order valence-corrected chi connectivity index (χ0v) is 17.1. The minimum Gasteiger partial charge on any atom is -0.494 e. The minimum atomic E-state index is -3.75. The number of nitrogens with one attached hydrogen (secondary N) is 2. The van der Waals surface area contributed by atoms with E-state index >= 15 is 0 Å². The van der Waals surface area contributed by atoms with E-state index in [2.05, 4.69) is 20.5 Å². The first-order chi connectivity index (χ1) is 12.8. The van der Waals surface area contributed by atoms with Gasteiger partial charge in [0.25, 0.3) is 0 Å². The van der Waals surface area contributed by atoms with Gasteiger partial charge in [-0.1, -0.05) is 11.8 Å². The molecule has 0 spiro atoms. The summed E-state index contributed by atoms with van der Waals surface area (Å²) in [4.78, 5) is 16.3. The van der Waals surface area contributed by atoms with Gasteiger partial charge in [-0.05, 0) is 38.1 Å². The third-order valence-corrected chi connectivity index (χ3v) is 6.11. The Labute approximate surface area is 162 Å². The Morgan fingerprint density at radius 3 is 2.63 bits per heavy atom. The largest absolute Gasteiger partial charge is 0.494 e. The van der Waals surface area contributed by atoms with E-state index in [1.165, 1.54) is 30.9 Å². The molecular formula is C16H23N5O4S2. The molecule has 0 aliphatic carbocycles. The van der Waals surface area contributed by atoms with Crippen molar-refractivity contribution in [3.63, 3.8) is 0 Å². The molecule has 148 valence electrons. The Hall–Kier alpha value is -2.11. The fourth-order valence-corrected chi connectivity index (χ4v) is 3.94. The van der Waals surface area contributed by atoms with Gasteiger partial charge in [-0.25, -0.2) is 13.4 Å². The molecule has 27 heavy (non-hydrogen) atoms. The first kappa shape index (κ1) is 21.2. The van der Waals surface area contributed by atoms with Crippen LogP contribution in [0.25, 0.3) is 0 Å². The van der Waals surface area contributed by atoms with Crippen LogP contribution in [0, 0.1) is 6.92 Å². The van der Waals surface area contributed by atoms with E-state index in [0.29, 0.717) is 29.8 Å². The number of carbonyl (C=O) groups is 1. The lowest BCUT2D eigenvalue weighted by Crippen LogP contribution is -2.39. The number of nitrogens with zero attached hydrogens (tertiary/aromatic N) is 3. The molecule has 1 aromatic carbocycles. The second kappa shape index (κ2) is 9.72. The molecule has 0 saturated carbocycles. The van der Waals surface area contributed by atoms with E-state index in [4.69, 9.17) is 4.74 Å². The molecule has 0 aliphatic rings. The summed E-state index contributed by atoms with van der Waals surface area (Å²) in [7, 11) is -2.38. The zero-order valence-electron chi connectivity index (χ0n) is 15.4. The van der Waals surface area contributed by atoms with E-state index in [0.717, 1.165) is 10.1 Å². The molecule has 11 heteroatoms. The Kier molecular flexibility index (Phi) is 7.63. The summed E-state index contributed by atoms with van der Waals surface area (Å²) in [5.41, 5.74) is 0. The number of benzene rings is 1. The highest BCUT2D eigenvalue weighted by atomic mass is 32.2. The van der Waals surface area contributed by atoms with Gasteiger partial charge in [0.2, 0.25) is 21.1 Å². The maximum atomic E-state index is 12.5. The van der Waals surface area contributed by atoms with Crippen molar-refractivity contribution in [2.75, 3.05) is 32.5 Å². The molecule has 0 radical (unpaired) electrons. The molecular weight excluding hydrogens is 390 g/mol. The molecule has 0 fully saturated rings. The summed E-state index contributed by atoms with van der Waals surface area (Å²) in [6, 6.07) is 6.10. The SMILES string of the molecule is CCOc1ccc(S(=O)(=O)N(C)CC(=O)NCCSc2n[nH]c(C)n2)cc1. The maximum absolute atomic E-state index is 12.5. The van der Waals surface area contributed by atoms with Crippen LogP contribution in [-0.2, 0) is 14.8 Å². The Balaban J connectivity index is 1.81. The number of sulfonamides is 1.